The number of rotatable bonds is 2. The molecule has 2 heterocycles. The third-order valence-corrected chi connectivity index (χ3v) is 5.89. The van der Waals surface area contributed by atoms with Crippen molar-refractivity contribution in [2.24, 2.45) is 0 Å². The van der Waals surface area contributed by atoms with Gasteiger partial charge in [-0.25, -0.2) is 4.98 Å². The largest absolute Gasteiger partial charge is 0.377 e. The summed E-state index contributed by atoms with van der Waals surface area (Å²) in [4.78, 5) is 5.24. The Kier molecular flexibility index (Phi) is 3.02. The molecule has 1 aromatic carbocycles. The fourth-order valence-corrected chi connectivity index (χ4v) is 4.31. The lowest BCUT2D eigenvalue weighted by Crippen LogP contribution is -2.20. The number of thiophene rings is 1. The van der Waals surface area contributed by atoms with Gasteiger partial charge in [0.15, 0.2) is 0 Å². The van der Waals surface area contributed by atoms with E-state index >= 15 is 0 Å². The predicted molar refractivity (Wildman–Crippen MR) is 80.3 cm³/mol. The predicted octanol–water partition coefficient (Wildman–Crippen LogP) is 4.38. The Balaban J connectivity index is 2.12. The quantitative estimate of drug-likeness (QED) is 0.751. The molecular weight excluding hydrogens is 330 g/mol. The van der Waals surface area contributed by atoms with Crippen LogP contribution in [-0.4, -0.2) is 10.1 Å². The summed E-state index contributed by atoms with van der Waals surface area (Å²) in [5.41, 5.74) is -1.03. The van der Waals surface area contributed by atoms with E-state index in [4.69, 9.17) is 0 Å². The van der Waals surface area contributed by atoms with Crippen LogP contribution in [0.15, 0.2) is 40.3 Å². The molecule has 5 heteroatoms. The minimum atomic E-state index is -1.03. The number of benzene rings is 1. The topological polar surface area (TPSA) is 33.1 Å². The second-order valence-electron chi connectivity index (χ2n) is 4.20. The molecule has 0 spiro atoms. The van der Waals surface area contributed by atoms with E-state index in [1.54, 1.807) is 18.3 Å². The fraction of sp³-hybridized carbons (Fsp3) is 0.154. The summed E-state index contributed by atoms with van der Waals surface area (Å²) in [6.07, 6.45) is 0. The Bertz CT molecular complexity index is 669. The zero-order chi connectivity index (χ0) is 12.8. The van der Waals surface area contributed by atoms with Crippen molar-refractivity contribution >= 4 is 48.7 Å². The maximum atomic E-state index is 10.7. The van der Waals surface area contributed by atoms with E-state index in [1.165, 1.54) is 16.0 Å². The highest BCUT2D eigenvalue weighted by Crippen LogP contribution is 2.38. The molecule has 0 fully saturated rings. The molecular formula is C13H10BrNOS2. The van der Waals surface area contributed by atoms with Crippen molar-refractivity contribution in [2.45, 2.75) is 12.5 Å². The molecule has 0 bridgehead atoms. The van der Waals surface area contributed by atoms with Gasteiger partial charge in [-0.1, -0.05) is 18.2 Å². The molecule has 2 nitrogen and oxygen atoms in total. The summed E-state index contributed by atoms with van der Waals surface area (Å²) in [5.74, 6) is 0. The van der Waals surface area contributed by atoms with Gasteiger partial charge in [0.25, 0.3) is 0 Å². The second kappa shape index (κ2) is 4.42. The first kappa shape index (κ1) is 12.3. The highest BCUT2D eigenvalue weighted by molar-refractivity contribution is 9.10. The average Bonchev–Trinajstić information content (AvgIpc) is 2.94. The lowest BCUT2D eigenvalue weighted by molar-refractivity contribution is 0.106. The third kappa shape index (κ3) is 2.01. The Labute approximate surface area is 121 Å². The van der Waals surface area contributed by atoms with E-state index in [1.807, 2.05) is 23.6 Å². The van der Waals surface area contributed by atoms with E-state index in [0.717, 1.165) is 14.9 Å². The molecule has 0 saturated heterocycles. The zero-order valence-corrected chi connectivity index (χ0v) is 12.8. The van der Waals surface area contributed by atoms with Crippen LogP contribution >= 0.6 is 38.6 Å². The smallest absolute Gasteiger partial charge is 0.147 e. The maximum absolute atomic E-state index is 10.7. The number of hydrogen-bond donors (Lipinski definition) is 1. The average molecular weight is 340 g/mol. The van der Waals surface area contributed by atoms with Crippen LogP contribution in [-0.2, 0) is 5.60 Å². The Morgan fingerprint density at radius 2 is 2.11 bits per heavy atom. The van der Waals surface area contributed by atoms with Crippen LogP contribution in [0.5, 0.6) is 0 Å². The van der Waals surface area contributed by atoms with Crippen molar-refractivity contribution in [1.29, 1.82) is 0 Å². The lowest BCUT2D eigenvalue weighted by atomic mass is 10.1. The lowest BCUT2D eigenvalue weighted by Gasteiger charge is -2.18. The molecule has 18 heavy (non-hydrogen) atoms. The van der Waals surface area contributed by atoms with E-state index in [-0.39, 0.29) is 0 Å². The van der Waals surface area contributed by atoms with Crippen LogP contribution in [0.1, 0.15) is 16.8 Å². The standard InChI is InChI=1S/C13H10BrNOS2/c1-13(16,12-15-11(14)7-17-12)10-6-8-4-2-3-5-9(8)18-10/h2-7,16H,1H3. The van der Waals surface area contributed by atoms with Crippen LogP contribution in [0.3, 0.4) is 0 Å². The normalized spacial score (nSPS) is 14.8. The molecule has 1 unspecified atom stereocenters. The van der Waals surface area contributed by atoms with Gasteiger partial charge in [-0.15, -0.1) is 22.7 Å². The van der Waals surface area contributed by atoms with Crippen LogP contribution < -0.4 is 0 Å². The van der Waals surface area contributed by atoms with E-state index in [0.29, 0.717) is 5.01 Å². The molecule has 0 aliphatic carbocycles. The van der Waals surface area contributed by atoms with Gasteiger partial charge in [0, 0.05) is 15.0 Å². The number of aromatic nitrogens is 1. The van der Waals surface area contributed by atoms with E-state index in [9.17, 15) is 5.11 Å². The van der Waals surface area contributed by atoms with Gasteiger partial charge in [-0.3, -0.25) is 0 Å². The van der Waals surface area contributed by atoms with Gasteiger partial charge < -0.3 is 5.11 Å². The summed E-state index contributed by atoms with van der Waals surface area (Å²) in [5, 5.41) is 14.5. The molecule has 0 saturated carbocycles. The summed E-state index contributed by atoms with van der Waals surface area (Å²) < 4.78 is 1.95. The minimum absolute atomic E-state index is 0.709. The SMILES string of the molecule is CC(O)(c1cc2ccccc2s1)c1nc(Br)cs1. The molecule has 2 aromatic heterocycles. The fourth-order valence-electron chi connectivity index (χ4n) is 1.80. The first-order valence-electron chi connectivity index (χ1n) is 5.40. The van der Waals surface area contributed by atoms with Gasteiger partial charge in [0.1, 0.15) is 15.2 Å². The van der Waals surface area contributed by atoms with Gasteiger partial charge >= 0.3 is 0 Å². The highest BCUT2D eigenvalue weighted by Gasteiger charge is 2.31. The monoisotopic (exact) mass is 339 g/mol. The van der Waals surface area contributed by atoms with Gasteiger partial charge in [-0.05, 0) is 40.4 Å². The molecule has 0 amide bonds. The van der Waals surface area contributed by atoms with Crippen molar-refractivity contribution in [3.05, 3.63) is 50.2 Å². The molecule has 0 aliphatic heterocycles. The van der Waals surface area contributed by atoms with Crippen molar-refractivity contribution < 1.29 is 5.11 Å². The molecule has 0 radical (unpaired) electrons. The van der Waals surface area contributed by atoms with E-state index in [2.05, 4.69) is 33.0 Å². The molecule has 92 valence electrons. The third-order valence-electron chi connectivity index (χ3n) is 2.80. The molecule has 1 N–H and O–H groups in total. The summed E-state index contributed by atoms with van der Waals surface area (Å²) >= 11 is 6.39. The van der Waals surface area contributed by atoms with Crippen molar-refractivity contribution in [3.63, 3.8) is 0 Å². The van der Waals surface area contributed by atoms with Crippen LogP contribution in [0.4, 0.5) is 0 Å². The Morgan fingerprint density at radius 1 is 1.33 bits per heavy atom. The van der Waals surface area contributed by atoms with Crippen LogP contribution in [0, 0.1) is 0 Å². The second-order valence-corrected chi connectivity index (χ2v) is 6.95. The van der Waals surface area contributed by atoms with Gasteiger partial charge in [0.2, 0.25) is 0 Å². The van der Waals surface area contributed by atoms with E-state index < -0.39 is 5.60 Å². The van der Waals surface area contributed by atoms with Crippen molar-refractivity contribution in [3.8, 4) is 0 Å². The van der Waals surface area contributed by atoms with Crippen molar-refractivity contribution in [1.82, 2.24) is 4.98 Å². The Morgan fingerprint density at radius 3 is 2.78 bits per heavy atom. The molecule has 0 aliphatic rings. The molecule has 3 rings (SSSR count). The number of halogens is 1. The maximum Gasteiger partial charge on any atom is 0.147 e. The first-order valence-corrected chi connectivity index (χ1v) is 7.89. The van der Waals surface area contributed by atoms with Gasteiger partial charge in [0.05, 0.1) is 0 Å². The number of nitrogens with zero attached hydrogens (tertiary/aromatic N) is 1. The number of thiazole rings is 1. The highest BCUT2D eigenvalue weighted by atomic mass is 79.9. The van der Waals surface area contributed by atoms with Crippen molar-refractivity contribution in [2.75, 3.05) is 0 Å². The summed E-state index contributed by atoms with van der Waals surface area (Å²) in [7, 11) is 0. The van der Waals surface area contributed by atoms with Gasteiger partial charge in [-0.2, -0.15) is 0 Å². The number of aliphatic hydroxyl groups is 1. The summed E-state index contributed by atoms with van der Waals surface area (Å²) in [6, 6.07) is 10.2. The number of hydrogen-bond acceptors (Lipinski definition) is 4. The number of fused-ring (bicyclic) bond motifs is 1. The zero-order valence-electron chi connectivity index (χ0n) is 9.55. The minimum Gasteiger partial charge on any atom is -0.377 e. The van der Waals surface area contributed by atoms with Crippen LogP contribution in [0.2, 0.25) is 0 Å². The molecule has 3 aromatic rings. The first-order chi connectivity index (χ1) is 8.57. The molecule has 1 atom stereocenters. The van der Waals surface area contributed by atoms with Crippen LogP contribution in [0.25, 0.3) is 10.1 Å². The Hall–Kier alpha value is -0.750. The summed E-state index contributed by atoms with van der Waals surface area (Å²) in [6.45, 7) is 1.79.